The SMILES string of the molecule is C[C@H](C1C2=CC=CC1=C2O)[C@@H]([C@H](C1CC2CCC1C2)[C@H](C1C2CCCC1CC2)[C@@H](C)C1CC2CCC(C2)C1)C12CC3CC(C1)C32. The first-order valence-corrected chi connectivity index (χ1v) is 20.8. The van der Waals surface area contributed by atoms with Crippen LogP contribution in [0.4, 0.5) is 0 Å². The number of hydrogen-bond donors (Lipinski definition) is 1. The number of aliphatic hydroxyl groups is 1. The van der Waals surface area contributed by atoms with E-state index in [0.717, 1.165) is 94.7 Å². The lowest BCUT2D eigenvalue weighted by Crippen LogP contribution is -2.74. The molecule has 10 unspecified atom stereocenters. The summed E-state index contributed by atoms with van der Waals surface area (Å²) in [6, 6.07) is 0. The molecule has 0 aromatic carbocycles. The van der Waals surface area contributed by atoms with E-state index in [2.05, 4.69) is 32.1 Å². The van der Waals surface area contributed by atoms with Gasteiger partial charge in [0.15, 0.2) is 0 Å². The molecule has 1 N–H and O–H groups in total. The summed E-state index contributed by atoms with van der Waals surface area (Å²) >= 11 is 0. The maximum atomic E-state index is 11.1. The van der Waals surface area contributed by atoms with Crippen molar-refractivity contribution in [1.29, 1.82) is 0 Å². The summed E-state index contributed by atoms with van der Waals surface area (Å²) in [7, 11) is 0. The van der Waals surface area contributed by atoms with Crippen LogP contribution in [0.5, 0.6) is 0 Å². The Morgan fingerprint density at radius 1 is 0.689 bits per heavy atom. The van der Waals surface area contributed by atoms with Gasteiger partial charge in [-0.15, -0.1) is 0 Å². The Labute approximate surface area is 274 Å². The first-order valence-electron chi connectivity index (χ1n) is 20.8. The van der Waals surface area contributed by atoms with E-state index in [1.807, 2.05) is 0 Å². The molecular weight excluding hydrogens is 544 g/mol. The van der Waals surface area contributed by atoms with Gasteiger partial charge in [0, 0.05) is 17.1 Å². The summed E-state index contributed by atoms with van der Waals surface area (Å²) < 4.78 is 0. The zero-order chi connectivity index (χ0) is 29.8. The summed E-state index contributed by atoms with van der Waals surface area (Å²) in [5, 5.41) is 11.1. The van der Waals surface area contributed by atoms with Crippen LogP contribution in [-0.2, 0) is 0 Å². The van der Waals surface area contributed by atoms with Gasteiger partial charge in [-0.25, -0.2) is 0 Å². The Kier molecular flexibility index (Phi) is 6.08. The molecule has 0 heterocycles. The average molecular weight is 607 g/mol. The minimum absolute atomic E-state index is 0.512. The van der Waals surface area contributed by atoms with Crippen LogP contribution in [0.2, 0.25) is 0 Å². The zero-order valence-corrected chi connectivity index (χ0v) is 28.6. The van der Waals surface area contributed by atoms with Crippen molar-refractivity contribution in [3.63, 3.8) is 0 Å². The molecule has 0 saturated heterocycles. The van der Waals surface area contributed by atoms with Gasteiger partial charge in [-0.1, -0.05) is 70.6 Å². The molecule has 11 rings (SSSR count). The average Bonchev–Trinajstić information content (AvgIpc) is 3.82. The minimum Gasteiger partial charge on any atom is -0.507 e. The minimum atomic E-state index is 0.512. The van der Waals surface area contributed by atoms with Gasteiger partial charge in [0.2, 0.25) is 0 Å². The van der Waals surface area contributed by atoms with Gasteiger partial charge < -0.3 is 5.11 Å². The molecule has 9 fully saturated rings. The number of rotatable bonds is 9. The molecule has 9 saturated carbocycles. The molecule has 244 valence electrons. The molecule has 0 aromatic rings. The second kappa shape index (κ2) is 9.80. The summed E-state index contributed by atoms with van der Waals surface area (Å²) in [5.41, 5.74) is 3.29. The van der Waals surface area contributed by atoms with E-state index in [1.54, 1.807) is 103 Å². The largest absolute Gasteiger partial charge is 0.507 e. The third-order valence-corrected chi connectivity index (χ3v) is 19.1. The van der Waals surface area contributed by atoms with Crippen LogP contribution >= 0.6 is 0 Å². The highest BCUT2D eigenvalue weighted by molar-refractivity contribution is 5.58. The zero-order valence-electron chi connectivity index (χ0n) is 28.6. The Hall–Kier alpha value is -0.980. The van der Waals surface area contributed by atoms with Crippen LogP contribution < -0.4 is 0 Å². The first-order chi connectivity index (χ1) is 22.0. The highest BCUT2D eigenvalue weighted by Crippen LogP contribution is 2.83. The van der Waals surface area contributed by atoms with Crippen molar-refractivity contribution in [2.45, 2.75) is 123 Å². The van der Waals surface area contributed by atoms with Gasteiger partial charge in [0.1, 0.15) is 5.76 Å². The topological polar surface area (TPSA) is 20.2 Å². The van der Waals surface area contributed by atoms with Crippen molar-refractivity contribution < 1.29 is 5.11 Å². The molecule has 11 aliphatic rings. The van der Waals surface area contributed by atoms with Crippen molar-refractivity contribution in [3.05, 3.63) is 35.1 Å². The summed E-state index contributed by atoms with van der Waals surface area (Å²) in [6.07, 6.45) is 33.5. The quantitative estimate of drug-likeness (QED) is 0.277. The molecule has 1 nitrogen and oxygen atoms in total. The molecule has 0 aromatic heterocycles. The molecule has 1 heteroatoms. The number of allylic oxidation sites excluding steroid dienone is 5. The lowest BCUT2D eigenvalue weighted by Gasteiger charge is -2.80. The van der Waals surface area contributed by atoms with Crippen LogP contribution in [0.3, 0.4) is 0 Å². The van der Waals surface area contributed by atoms with E-state index < -0.39 is 0 Å². The van der Waals surface area contributed by atoms with Crippen LogP contribution in [0.15, 0.2) is 35.1 Å². The third-order valence-electron chi connectivity index (χ3n) is 19.1. The third kappa shape index (κ3) is 3.69. The van der Waals surface area contributed by atoms with E-state index in [1.165, 1.54) is 17.6 Å². The summed E-state index contributed by atoms with van der Waals surface area (Å²) in [6.45, 7) is 5.64. The number of fused-ring (bicyclic) bond motifs is 8. The van der Waals surface area contributed by atoms with Crippen molar-refractivity contribution in [3.8, 4) is 0 Å². The predicted octanol–water partition coefficient (Wildman–Crippen LogP) is 11.2. The normalized spacial score (nSPS) is 54.2. The molecule has 0 aliphatic heterocycles. The maximum Gasteiger partial charge on any atom is 0.123 e. The van der Waals surface area contributed by atoms with Crippen LogP contribution in [-0.4, -0.2) is 5.11 Å². The van der Waals surface area contributed by atoms with Gasteiger partial charge in [0.05, 0.1) is 0 Å². The second-order valence-corrected chi connectivity index (χ2v) is 20.3. The van der Waals surface area contributed by atoms with Crippen molar-refractivity contribution in [2.75, 3.05) is 0 Å². The maximum absolute atomic E-state index is 11.1. The van der Waals surface area contributed by atoms with Gasteiger partial charge in [-0.2, -0.15) is 0 Å². The van der Waals surface area contributed by atoms with E-state index >= 15 is 0 Å². The second-order valence-electron chi connectivity index (χ2n) is 20.3. The summed E-state index contributed by atoms with van der Waals surface area (Å²) in [4.78, 5) is 0. The Balaban J connectivity index is 1.06. The highest BCUT2D eigenvalue weighted by atomic mass is 16.3. The van der Waals surface area contributed by atoms with Gasteiger partial charge in [-0.05, 0) is 177 Å². The molecule has 15 atom stereocenters. The van der Waals surface area contributed by atoms with Crippen LogP contribution in [0.1, 0.15) is 123 Å². The van der Waals surface area contributed by atoms with Crippen molar-refractivity contribution in [2.24, 2.45) is 112 Å². The lowest BCUT2D eigenvalue weighted by molar-refractivity contribution is -0.320. The van der Waals surface area contributed by atoms with E-state index in [4.69, 9.17) is 0 Å². The van der Waals surface area contributed by atoms with E-state index in [0.29, 0.717) is 23.0 Å². The number of hydrogen-bond acceptors (Lipinski definition) is 1. The summed E-state index contributed by atoms with van der Waals surface area (Å²) in [5.74, 6) is 18.2. The van der Waals surface area contributed by atoms with Crippen LogP contribution in [0.25, 0.3) is 0 Å². The molecule has 0 amide bonds. The van der Waals surface area contributed by atoms with Crippen molar-refractivity contribution >= 4 is 0 Å². The van der Waals surface area contributed by atoms with Gasteiger partial charge >= 0.3 is 0 Å². The fourth-order valence-corrected chi connectivity index (χ4v) is 17.9. The monoisotopic (exact) mass is 606 g/mol. The standard InChI is InChI=1S/C44H62O/c1-23(31-17-25-9-10-26(15-25)18-31)38(39-28-5-3-6-29(39)14-13-28)40(36-19-27-11-12-30(36)16-27)41(44-21-32-20-33(22-44)42(32)44)24(2)37-34-7-4-8-35(37)43(34)45/h4,7-8,23-33,36-42,45H,3,5-6,9-22H2,1-2H3/t23-,24+,25?,26?,27?,28?,29?,30?,31?,32?,33?,36?,38-,39?,40+,41-,42?,44?/m0/s1. The van der Waals surface area contributed by atoms with Crippen LogP contribution in [0, 0.1) is 112 Å². The fraction of sp³-hybridized carbons (Fsp3) is 0.864. The predicted molar refractivity (Wildman–Crippen MR) is 182 cm³/mol. The smallest absolute Gasteiger partial charge is 0.123 e. The Morgan fingerprint density at radius 2 is 1.38 bits per heavy atom. The van der Waals surface area contributed by atoms with Gasteiger partial charge in [-0.3, -0.25) is 0 Å². The Bertz CT molecular complexity index is 1290. The number of aliphatic hydroxyl groups excluding tert-OH is 1. The lowest BCUT2D eigenvalue weighted by atomic mass is 9.24. The highest BCUT2D eigenvalue weighted by Gasteiger charge is 2.76. The first kappa shape index (κ1) is 27.9. The molecule has 0 spiro atoms. The fourth-order valence-electron chi connectivity index (χ4n) is 17.9. The molecular formula is C44H62O. The molecule has 8 bridgehead atoms. The molecule has 11 aliphatic carbocycles. The van der Waals surface area contributed by atoms with E-state index in [9.17, 15) is 5.11 Å². The molecule has 45 heavy (non-hydrogen) atoms. The Morgan fingerprint density at radius 3 is 1.96 bits per heavy atom. The van der Waals surface area contributed by atoms with Crippen molar-refractivity contribution in [1.82, 2.24) is 0 Å². The van der Waals surface area contributed by atoms with Gasteiger partial charge in [0.25, 0.3) is 0 Å². The van der Waals surface area contributed by atoms with E-state index in [-0.39, 0.29) is 0 Å². The molecule has 0 radical (unpaired) electrons.